The van der Waals surface area contributed by atoms with Crippen LogP contribution < -0.4 is 0 Å². The molecule has 0 spiro atoms. The number of hydrogen-bond donors (Lipinski definition) is 6. The van der Waals surface area contributed by atoms with Gasteiger partial charge in [0.25, 0.3) is 35.8 Å². The van der Waals surface area contributed by atoms with Crippen LogP contribution in [0.1, 0.15) is 55.4 Å². The first kappa shape index (κ1) is 45.2. The smallest absolute Gasteiger partial charge is 0.302 e. The number of aliphatic carboxylic acids is 6. The predicted molar refractivity (Wildman–Crippen MR) is 102 cm³/mol. The van der Waals surface area contributed by atoms with Gasteiger partial charge in [-0.05, 0) is 6.92 Å². The Labute approximate surface area is 173 Å². The topological polar surface area (TPSA) is 250 Å². The van der Waals surface area contributed by atoms with Crippen molar-refractivity contribution in [3.63, 3.8) is 0 Å². The highest BCUT2D eigenvalue weighted by Crippen LogP contribution is 1.69. The predicted octanol–water partition coefficient (Wildman–Crippen LogP) is 1.11. The van der Waals surface area contributed by atoms with Crippen molar-refractivity contribution >= 4 is 41.8 Å². The van der Waals surface area contributed by atoms with E-state index in [1.54, 1.807) is 6.92 Å². The van der Waals surface area contributed by atoms with Crippen molar-refractivity contribution in [1.82, 2.24) is 0 Å². The third-order valence-electron chi connectivity index (χ3n) is 0.348. The van der Waals surface area contributed by atoms with Gasteiger partial charge in [0.05, 0.1) is 6.61 Å². The number of carbonyl (C=O) groups is 7. The zero-order chi connectivity index (χ0) is 26.5. The second-order valence-corrected chi connectivity index (χ2v) is 4.04. The average Bonchev–Trinajstić information content (AvgIpc) is 2.33. The normalized spacial score (nSPS) is 6.53. The van der Waals surface area contributed by atoms with Crippen LogP contribution in [0.2, 0.25) is 0 Å². The summed E-state index contributed by atoms with van der Waals surface area (Å²) in [5.41, 5.74) is 0. The Kier molecular flexibility index (Phi) is 60.4. The Balaban J connectivity index is -0.0000000414. The van der Waals surface area contributed by atoms with Gasteiger partial charge in [0.2, 0.25) is 0 Å². The van der Waals surface area contributed by atoms with Crippen LogP contribution in [-0.4, -0.2) is 79.0 Å². The highest BCUT2D eigenvalue weighted by molar-refractivity contribution is 5.65. The fraction of sp³-hybridized carbons (Fsp3) is 0.562. The van der Waals surface area contributed by atoms with Crippen LogP contribution >= 0.6 is 0 Å². The first-order valence-corrected chi connectivity index (χ1v) is 7.47. The van der Waals surface area contributed by atoms with Crippen molar-refractivity contribution in [2.75, 3.05) is 6.61 Å². The van der Waals surface area contributed by atoms with Gasteiger partial charge >= 0.3 is 5.97 Å². The summed E-state index contributed by atoms with van der Waals surface area (Å²) in [7, 11) is 0. The summed E-state index contributed by atoms with van der Waals surface area (Å²) in [4.78, 5) is 63.8. The van der Waals surface area contributed by atoms with Crippen molar-refractivity contribution < 1.29 is 68.9 Å². The van der Waals surface area contributed by atoms with Crippen molar-refractivity contribution in [2.45, 2.75) is 55.4 Å². The highest BCUT2D eigenvalue weighted by Gasteiger charge is 1.81. The fourth-order valence-electron chi connectivity index (χ4n) is 0.203. The SMILES string of the molecule is CC(=O)O.CC(=O)O.CC(=O)O.CC(=O)O.CC(=O)O.CC(=O)O.CCOC(C)=O. The molecular formula is C16H32O14. The quantitative estimate of drug-likeness (QED) is 0.307. The molecule has 14 nitrogen and oxygen atoms in total. The number of carboxylic acid groups (broad SMARTS) is 6. The van der Waals surface area contributed by atoms with E-state index in [0.29, 0.717) is 6.61 Å². The van der Waals surface area contributed by atoms with Gasteiger partial charge in [-0.3, -0.25) is 33.6 Å². The maximum Gasteiger partial charge on any atom is 0.302 e. The van der Waals surface area contributed by atoms with E-state index in [1.165, 1.54) is 6.92 Å². The number of ether oxygens (including phenoxy) is 1. The van der Waals surface area contributed by atoms with E-state index in [9.17, 15) is 4.79 Å². The van der Waals surface area contributed by atoms with Gasteiger partial charge in [-0.2, -0.15) is 0 Å². The molecule has 0 saturated heterocycles. The lowest BCUT2D eigenvalue weighted by molar-refractivity contribution is -0.140. The van der Waals surface area contributed by atoms with E-state index in [-0.39, 0.29) is 5.97 Å². The molecule has 0 amide bonds. The molecule has 0 aromatic heterocycles. The van der Waals surface area contributed by atoms with Gasteiger partial charge in [0.1, 0.15) is 0 Å². The third-order valence-corrected chi connectivity index (χ3v) is 0.348. The van der Waals surface area contributed by atoms with Crippen molar-refractivity contribution in [3.05, 3.63) is 0 Å². The molecule has 0 bridgehead atoms. The Morgan fingerprint density at radius 1 is 0.467 bits per heavy atom. The summed E-state index contributed by atoms with van der Waals surface area (Å²) in [6.07, 6.45) is 0. The van der Waals surface area contributed by atoms with Crippen molar-refractivity contribution in [3.8, 4) is 0 Å². The largest absolute Gasteiger partial charge is 0.481 e. The Hall–Kier alpha value is -3.71. The number of carboxylic acids is 6. The summed E-state index contributed by atoms with van der Waals surface area (Å²) >= 11 is 0. The van der Waals surface area contributed by atoms with Gasteiger partial charge in [-0.25, -0.2) is 0 Å². The van der Waals surface area contributed by atoms with Gasteiger partial charge < -0.3 is 35.4 Å². The number of hydrogen-bond acceptors (Lipinski definition) is 8. The van der Waals surface area contributed by atoms with Gasteiger partial charge in [-0.15, -0.1) is 0 Å². The van der Waals surface area contributed by atoms with Crippen LogP contribution in [0.3, 0.4) is 0 Å². The molecule has 0 heterocycles. The monoisotopic (exact) mass is 448 g/mol. The average molecular weight is 448 g/mol. The van der Waals surface area contributed by atoms with Crippen LogP contribution in [-0.2, 0) is 38.3 Å². The molecule has 6 N–H and O–H groups in total. The molecular weight excluding hydrogens is 416 g/mol. The number of esters is 1. The lowest BCUT2D eigenvalue weighted by atomic mass is 10.8. The molecule has 0 aromatic rings. The fourth-order valence-corrected chi connectivity index (χ4v) is 0.203. The molecule has 30 heavy (non-hydrogen) atoms. The Morgan fingerprint density at radius 3 is 0.567 bits per heavy atom. The van der Waals surface area contributed by atoms with Crippen LogP contribution in [0, 0.1) is 0 Å². The molecule has 0 aliphatic rings. The lowest BCUT2D eigenvalue weighted by Gasteiger charge is -1.89. The zero-order valence-electron chi connectivity index (χ0n) is 18.2. The van der Waals surface area contributed by atoms with E-state index >= 15 is 0 Å². The van der Waals surface area contributed by atoms with Gasteiger partial charge in [0, 0.05) is 48.5 Å². The maximum absolute atomic E-state index is 9.82. The van der Waals surface area contributed by atoms with Crippen LogP contribution in [0.15, 0.2) is 0 Å². The zero-order valence-corrected chi connectivity index (χ0v) is 18.2. The van der Waals surface area contributed by atoms with E-state index in [1.807, 2.05) is 0 Å². The lowest BCUT2D eigenvalue weighted by Crippen LogP contribution is -1.95. The van der Waals surface area contributed by atoms with Gasteiger partial charge in [0.15, 0.2) is 0 Å². The Morgan fingerprint density at radius 2 is 0.567 bits per heavy atom. The molecule has 0 atom stereocenters. The minimum atomic E-state index is -0.833. The van der Waals surface area contributed by atoms with E-state index in [2.05, 4.69) is 4.74 Å². The van der Waals surface area contributed by atoms with Gasteiger partial charge in [-0.1, -0.05) is 0 Å². The van der Waals surface area contributed by atoms with Crippen LogP contribution in [0.25, 0.3) is 0 Å². The Bertz CT molecular complexity index is 365. The van der Waals surface area contributed by atoms with E-state index < -0.39 is 35.8 Å². The molecule has 0 aliphatic carbocycles. The summed E-state index contributed by atoms with van der Waals surface area (Å²) < 4.78 is 4.40. The number of carbonyl (C=O) groups excluding carboxylic acids is 1. The van der Waals surface area contributed by atoms with Crippen LogP contribution in [0.5, 0.6) is 0 Å². The first-order valence-electron chi connectivity index (χ1n) is 7.47. The first-order chi connectivity index (χ1) is 13.2. The molecule has 14 heteroatoms. The molecule has 0 rings (SSSR count). The molecule has 0 unspecified atom stereocenters. The third kappa shape index (κ3) is 26100. The van der Waals surface area contributed by atoms with Crippen molar-refractivity contribution in [1.29, 1.82) is 0 Å². The standard InChI is InChI=1S/C4H8O2.6C2H4O2/c1-3-6-4(2)5;6*1-2(3)4/h3H2,1-2H3;6*1H3,(H,3,4). The van der Waals surface area contributed by atoms with Crippen LogP contribution in [0.4, 0.5) is 0 Å². The van der Waals surface area contributed by atoms with E-state index in [4.69, 9.17) is 59.4 Å². The van der Waals surface area contributed by atoms with Crippen molar-refractivity contribution in [2.24, 2.45) is 0 Å². The summed E-state index contributed by atoms with van der Waals surface area (Å²) in [5.74, 6) is -5.21. The molecule has 0 fully saturated rings. The molecule has 0 aromatic carbocycles. The second-order valence-electron chi connectivity index (χ2n) is 4.04. The second kappa shape index (κ2) is 40.1. The molecule has 180 valence electrons. The maximum atomic E-state index is 9.82. The minimum absolute atomic E-state index is 0.211. The summed E-state index contributed by atoms with van der Waals surface area (Å²) in [6.45, 7) is 10.2. The molecule has 0 saturated carbocycles. The molecule has 0 radical (unpaired) electrons. The number of rotatable bonds is 1. The summed E-state index contributed by atoms with van der Waals surface area (Å²) in [5, 5.41) is 44.5. The summed E-state index contributed by atoms with van der Waals surface area (Å²) in [6, 6.07) is 0. The minimum Gasteiger partial charge on any atom is -0.481 e. The van der Waals surface area contributed by atoms with E-state index in [0.717, 1.165) is 41.5 Å². The highest BCUT2D eigenvalue weighted by atomic mass is 16.5. The molecule has 0 aliphatic heterocycles.